The molecule has 4 rings (SSSR count). The topological polar surface area (TPSA) is 84.2 Å². The molecule has 0 amide bonds. The Morgan fingerprint density at radius 2 is 1.68 bits per heavy atom. The zero-order valence-corrected chi connectivity index (χ0v) is 20.5. The minimum absolute atomic E-state index is 0.224. The Morgan fingerprint density at radius 3 is 2.38 bits per heavy atom. The number of rotatable bonds is 10. The summed E-state index contributed by atoms with van der Waals surface area (Å²) in [6, 6.07) is 11.0. The highest BCUT2D eigenvalue weighted by molar-refractivity contribution is 7.15. The fourth-order valence-corrected chi connectivity index (χ4v) is 4.42. The molecular formula is C25H27N3O5S. The van der Waals surface area contributed by atoms with Crippen molar-refractivity contribution in [3.63, 3.8) is 0 Å². The van der Waals surface area contributed by atoms with Gasteiger partial charge in [0, 0.05) is 5.56 Å². The first-order chi connectivity index (χ1) is 16.6. The van der Waals surface area contributed by atoms with Crippen molar-refractivity contribution in [2.24, 2.45) is 0 Å². The van der Waals surface area contributed by atoms with E-state index < -0.39 is 0 Å². The molecular weight excluding hydrogens is 454 g/mol. The van der Waals surface area contributed by atoms with E-state index >= 15 is 0 Å². The third-order valence-electron chi connectivity index (χ3n) is 5.31. The Bertz CT molecular complexity index is 1400. The lowest BCUT2D eigenvalue weighted by molar-refractivity contribution is 0.286. The minimum atomic E-state index is -0.224. The van der Waals surface area contributed by atoms with Crippen LogP contribution in [0.1, 0.15) is 31.7 Å². The molecule has 0 saturated heterocycles. The summed E-state index contributed by atoms with van der Waals surface area (Å²) in [5.41, 5.74) is 1.34. The molecule has 0 aliphatic carbocycles. The van der Waals surface area contributed by atoms with E-state index in [4.69, 9.17) is 18.9 Å². The molecule has 0 N–H and O–H groups in total. The van der Waals surface area contributed by atoms with Crippen LogP contribution in [0.25, 0.3) is 22.4 Å². The molecule has 0 radical (unpaired) electrons. The Balaban J connectivity index is 1.62. The highest BCUT2D eigenvalue weighted by atomic mass is 32.1. The lowest BCUT2D eigenvalue weighted by atomic mass is 10.2. The molecule has 0 spiro atoms. The first kappa shape index (κ1) is 23.6. The molecule has 8 nitrogen and oxygen atoms in total. The number of thiazole rings is 1. The maximum absolute atomic E-state index is 13.0. The van der Waals surface area contributed by atoms with Gasteiger partial charge in [0.15, 0.2) is 28.8 Å². The van der Waals surface area contributed by atoms with Gasteiger partial charge in [-0.3, -0.25) is 4.79 Å². The van der Waals surface area contributed by atoms with Crippen LogP contribution in [0.3, 0.4) is 0 Å². The minimum Gasteiger partial charge on any atom is -0.493 e. The summed E-state index contributed by atoms with van der Waals surface area (Å²) < 4.78 is 23.8. The standard InChI is InChI=1S/C25H27N3O5S/c1-5-6-7-12-33-19-10-8-16(13-20(19)31-3)14-22-24(29)28-25(34-22)26-23(27-28)17-9-11-18(30-2)21(15-17)32-4/h8-11,13-15H,5-7,12H2,1-4H3/b22-14-. The number of ether oxygens (including phenoxy) is 4. The van der Waals surface area contributed by atoms with Crippen LogP contribution in [-0.4, -0.2) is 42.5 Å². The third kappa shape index (κ3) is 4.84. The van der Waals surface area contributed by atoms with E-state index in [9.17, 15) is 4.79 Å². The van der Waals surface area contributed by atoms with E-state index in [1.807, 2.05) is 30.3 Å². The highest BCUT2D eigenvalue weighted by Crippen LogP contribution is 2.31. The number of aromatic nitrogens is 3. The molecule has 178 valence electrons. The Labute approximate surface area is 201 Å². The van der Waals surface area contributed by atoms with Crippen molar-refractivity contribution >= 4 is 22.4 Å². The summed E-state index contributed by atoms with van der Waals surface area (Å²) in [6.45, 7) is 2.80. The van der Waals surface area contributed by atoms with Crippen LogP contribution in [0.2, 0.25) is 0 Å². The molecule has 0 fully saturated rings. The summed E-state index contributed by atoms with van der Waals surface area (Å²) in [5, 5.41) is 4.41. The largest absolute Gasteiger partial charge is 0.493 e. The van der Waals surface area contributed by atoms with Gasteiger partial charge < -0.3 is 18.9 Å². The van der Waals surface area contributed by atoms with Crippen molar-refractivity contribution in [1.29, 1.82) is 0 Å². The molecule has 0 aliphatic heterocycles. The van der Waals surface area contributed by atoms with Crippen LogP contribution in [0, 0.1) is 0 Å². The molecule has 4 aromatic rings. The Hall–Kier alpha value is -3.59. The Kier molecular flexibility index (Phi) is 7.32. The fraction of sp³-hybridized carbons (Fsp3) is 0.320. The van der Waals surface area contributed by atoms with Crippen molar-refractivity contribution in [3.05, 3.63) is 56.8 Å². The second-order valence-electron chi connectivity index (χ2n) is 7.58. The summed E-state index contributed by atoms with van der Waals surface area (Å²) in [4.78, 5) is 18.0. The van der Waals surface area contributed by atoms with E-state index in [1.165, 1.54) is 15.9 Å². The van der Waals surface area contributed by atoms with Gasteiger partial charge in [-0.15, -0.1) is 5.10 Å². The second kappa shape index (κ2) is 10.6. The van der Waals surface area contributed by atoms with Gasteiger partial charge in [-0.2, -0.15) is 9.50 Å². The fourth-order valence-electron chi connectivity index (χ4n) is 3.51. The SMILES string of the molecule is CCCCCOc1ccc(/C=c2\sc3nc(-c4ccc(OC)c(OC)c4)nn3c2=O)cc1OC. The predicted molar refractivity (Wildman–Crippen MR) is 132 cm³/mol. The van der Waals surface area contributed by atoms with Crippen molar-refractivity contribution in [2.45, 2.75) is 26.2 Å². The van der Waals surface area contributed by atoms with Crippen LogP contribution in [0.4, 0.5) is 0 Å². The number of nitrogens with zero attached hydrogens (tertiary/aromatic N) is 3. The highest BCUT2D eigenvalue weighted by Gasteiger charge is 2.14. The first-order valence-electron chi connectivity index (χ1n) is 11.0. The quantitative estimate of drug-likeness (QED) is 0.317. The van der Waals surface area contributed by atoms with Gasteiger partial charge in [0.05, 0.1) is 32.5 Å². The molecule has 2 heterocycles. The van der Waals surface area contributed by atoms with Crippen LogP contribution >= 0.6 is 11.3 Å². The summed E-state index contributed by atoms with van der Waals surface area (Å²) in [7, 11) is 4.75. The molecule has 0 atom stereocenters. The van der Waals surface area contributed by atoms with Crippen molar-refractivity contribution in [1.82, 2.24) is 14.6 Å². The zero-order valence-electron chi connectivity index (χ0n) is 19.7. The lowest BCUT2D eigenvalue weighted by Crippen LogP contribution is -2.23. The number of benzene rings is 2. The van der Waals surface area contributed by atoms with E-state index in [0.29, 0.717) is 44.9 Å². The summed E-state index contributed by atoms with van der Waals surface area (Å²) in [5.74, 6) is 2.96. The average molecular weight is 482 g/mol. The van der Waals surface area contributed by atoms with Crippen molar-refractivity contribution in [2.75, 3.05) is 27.9 Å². The molecule has 34 heavy (non-hydrogen) atoms. The number of fused-ring (bicyclic) bond motifs is 1. The van der Waals surface area contributed by atoms with Crippen molar-refractivity contribution in [3.8, 4) is 34.4 Å². The predicted octanol–water partition coefficient (Wildman–Crippen LogP) is 3.96. The zero-order chi connectivity index (χ0) is 24.1. The molecule has 0 bridgehead atoms. The Morgan fingerprint density at radius 1 is 0.941 bits per heavy atom. The smallest absolute Gasteiger partial charge is 0.291 e. The van der Waals surface area contributed by atoms with Gasteiger partial charge >= 0.3 is 0 Å². The maximum Gasteiger partial charge on any atom is 0.291 e. The van der Waals surface area contributed by atoms with Gasteiger partial charge in [0.1, 0.15) is 0 Å². The van der Waals surface area contributed by atoms with Crippen LogP contribution in [0.5, 0.6) is 23.0 Å². The second-order valence-corrected chi connectivity index (χ2v) is 8.59. The first-order valence-corrected chi connectivity index (χ1v) is 11.8. The van der Waals surface area contributed by atoms with Crippen LogP contribution < -0.4 is 29.0 Å². The molecule has 0 unspecified atom stereocenters. The van der Waals surface area contributed by atoms with E-state index in [0.717, 1.165) is 30.4 Å². The van der Waals surface area contributed by atoms with Crippen LogP contribution in [0.15, 0.2) is 41.2 Å². The molecule has 2 aromatic carbocycles. The third-order valence-corrected chi connectivity index (χ3v) is 6.27. The molecule has 2 aromatic heterocycles. The molecule has 9 heteroatoms. The molecule has 0 aliphatic rings. The van der Waals surface area contributed by atoms with Gasteiger partial charge in [0.25, 0.3) is 5.56 Å². The van der Waals surface area contributed by atoms with Gasteiger partial charge in [0.2, 0.25) is 4.96 Å². The summed E-state index contributed by atoms with van der Waals surface area (Å²) in [6.07, 6.45) is 5.08. The van der Waals surface area contributed by atoms with E-state index in [-0.39, 0.29) is 5.56 Å². The number of methoxy groups -OCH3 is 3. The monoisotopic (exact) mass is 481 g/mol. The van der Waals surface area contributed by atoms with Gasteiger partial charge in [-0.05, 0) is 48.4 Å². The number of unbranched alkanes of at least 4 members (excludes halogenated alkanes) is 2. The summed E-state index contributed by atoms with van der Waals surface area (Å²) >= 11 is 1.28. The average Bonchev–Trinajstić information content (AvgIpc) is 3.41. The normalized spacial score (nSPS) is 11.7. The van der Waals surface area contributed by atoms with Crippen LogP contribution in [-0.2, 0) is 0 Å². The number of hydrogen-bond donors (Lipinski definition) is 0. The van der Waals surface area contributed by atoms with E-state index in [2.05, 4.69) is 17.0 Å². The molecule has 0 saturated carbocycles. The van der Waals surface area contributed by atoms with E-state index in [1.54, 1.807) is 33.5 Å². The number of hydrogen-bond acceptors (Lipinski definition) is 8. The maximum atomic E-state index is 13.0. The van der Waals surface area contributed by atoms with Crippen molar-refractivity contribution < 1.29 is 18.9 Å². The van der Waals surface area contributed by atoms with Gasteiger partial charge in [-0.25, -0.2) is 0 Å². The van der Waals surface area contributed by atoms with Gasteiger partial charge in [-0.1, -0.05) is 37.2 Å². The lowest BCUT2D eigenvalue weighted by Gasteiger charge is -2.11.